The Morgan fingerprint density at radius 1 is 1.33 bits per heavy atom. The highest BCUT2D eigenvalue weighted by Gasteiger charge is 2.20. The Morgan fingerprint density at radius 2 is 2.04 bits per heavy atom. The smallest absolute Gasteiger partial charge is 0.289 e. The number of aromatic nitrogens is 1. The molecule has 2 heterocycles. The molecule has 0 bridgehead atoms. The molecule has 0 radical (unpaired) electrons. The van der Waals surface area contributed by atoms with E-state index in [-0.39, 0.29) is 11.7 Å². The zero-order valence-electron chi connectivity index (χ0n) is 13.0. The maximum atomic E-state index is 12.4. The van der Waals surface area contributed by atoms with Gasteiger partial charge in [-0.3, -0.25) is 10.5 Å². The van der Waals surface area contributed by atoms with Crippen molar-refractivity contribution in [2.24, 2.45) is 0 Å². The number of thiophene rings is 1. The van der Waals surface area contributed by atoms with Crippen LogP contribution in [0.2, 0.25) is 0 Å². The standard InChI is InChI=1S/C17H15N5OS/c1-9-2-4-10(5-3-9)8-21-16(23)14-13(19)12-6-11(7-18)15(20)22-17(12)24-14/h2-6H,8,19H2,1H3,(H2,20,22)(H,21,23)/p+1. The molecular formula is C17H16N5OS+. The molecule has 2 aromatic heterocycles. The van der Waals surface area contributed by atoms with E-state index >= 15 is 0 Å². The number of fused-ring (bicyclic) bond motifs is 1. The number of aromatic amines is 1. The van der Waals surface area contributed by atoms with Gasteiger partial charge in [0.1, 0.15) is 16.5 Å². The molecule has 3 aromatic rings. The molecule has 7 heteroatoms. The van der Waals surface area contributed by atoms with Crippen molar-refractivity contribution >= 4 is 39.0 Å². The van der Waals surface area contributed by atoms with E-state index in [1.807, 2.05) is 37.3 Å². The average molecular weight is 338 g/mol. The third kappa shape index (κ3) is 2.87. The van der Waals surface area contributed by atoms with Gasteiger partial charge in [-0.25, -0.2) is 4.98 Å². The summed E-state index contributed by atoms with van der Waals surface area (Å²) in [6.45, 7) is 2.43. The van der Waals surface area contributed by atoms with Crippen LogP contribution in [0, 0.1) is 18.3 Å². The first-order valence-electron chi connectivity index (χ1n) is 7.27. The number of anilines is 2. The molecule has 0 saturated heterocycles. The molecule has 1 aromatic carbocycles. The van der Waals surface area contributed by atoms with Crippen LogP contribution in [-0.4, -0.2) is 5.91 Å². The number of hydrogen-bond donors (Lipinski definition) is 3. The zero-order valence-corrected chi connectivity index (χ0v) is 13.8. The Hall–Kier alpha value is -3.11. The molecule has 0 unspecified atom stereocenters. The molecule has 0 fully saturated rings. The molecule has 6 N–H and O–H groups in total. The van der Waals surface area contributed by atoms with Crippen LogP contribution < -0.4 is 21.8 Å². The minimum atomic E-state index is -0.250. The van der Waals surface area contributed by atoms with Gasteiger partial charge in [-0.2, -0.15) is 5.26 Å². The Morgan fingerprint density at radius 3 is 2.71 bits per heavy atom. The maximum Gasteiger partial charge on any atom is 0.289 e. The fourth-order valence-corrected chi connectivity index (χ4v) is 3.36. The van der Waals surface area contributed by atoms with E-state index < -0.39 is 0 Å². The van der Waals surface area contributed by atoms with Crippen molar-refractivity contribution in [1.29, 1.82) is 5.26 Å². The molecule has 0 aliphatic carbocycles. The van der Waals surface area contributed by atoms with Gasteiger partial charge in [-0.05, 0) is 18.6 Å². The monoisotopic (exact) mass is 338 g/mol. The highest BCUT2D eigenvalue weighted by Crippen LogP contribution is 2.32. The van der Waals surface area contributed by atoms with Crippen molar-refractivity contribution in [3.05, 3.63) is 51.9 Å². The number of hydrogen-bond acceptors (Lipinski definition) is 5. The summed E-state index contributed by atoms with van der Waals surface area (Å²) >= 11 is 1.22. The lowest BCUT2D eigenvalue weighted by Crippen LogP contribution is -2.22. The molecule has 24 heavy (non-hydrogen) atoms. The number of rotatable bonds is 3. The Balaban J connectivity index is 1.86. The summed E-state index contributed by atoms with van der Waals surface area (Å²) in [5.41, 5.74) is 14.7. The van der Waals surface area contributed by atoms with E-state index in [9.17, 15) is 4.79 Å². The number of carbonyl (C=O) groups is 1. The predicted molar refractivity (Wildman–Crippen MR) is 94.3 cm³/mol. The molecule has 1 amide bonds. The topological polar surface area (TPSA) is 119 Å². The first kappa shape index (κ1) is 15.8. The largest absolute Gasteiger partial charge is 0.397 e. The Labute approximate surface area is 142 Å². The first-order chi connectivity index (χ1) is 11.5. The van der Waals surface area contributed by atoms with Crippen LogP contribution in [0.4, 0.5) is 11.5 Å². The number of nitriles is 1. The first-order valence-corrected chi connectivity index (χ1v) is 8.09. The van der Waals surface area contributed by atoms with Crippen molar-refractivity contribution in [2.45, 2.75) is 13.5 Å². The fourth-order valence-electron chi connectivity index (χ4n) is 2.33. The van der Waals surface area contributed by atoms with E-state index in [2.05, 4.69) is 10.3 Å². The van der Waals surface area contributed by atoms with Crippen molar-refractivity contribution in [3.8, 4) is 6.07 Å². The summed E-state index contributed by atoms with van der Waals surface area (Å²) in [7, 11) is 0. The fraction of sp³-hybridized carbons (Fsp3) is 0.118. The summed E-state index contributed by atoms with van der Waals surface area (Å²) in [4.78, 5) is 16.4. The number of nitrogens with one attached hydrogen (secondary N) is 2. The van der Waals surface area contributed by atoms with Gasteiger partial charge < -0.3 is 11.1 Å². The number of nitrogens with zero attached hydrogens (tertiary/aromatic N) is 1. The predicted octanol–water partition coefficient (Wildman–Crippen LogP) is 1.99. The molecule has 120 valence electrons. The number of H-pyrrole nitrogens is 1. The third-order valence-corrected chi connectivity index (χ3v) is 4.85. The summed E-state index contributed by atoms with van der Waals surface area (Å²) < 4.78 is 0. The van der Waals surface area contributed by atoms with Gasteiger partial charge in [0.25, 0.3) is 11.7 Å². The number of nitrogen functional groups attached to an aromatic ring is 2. The molecule has 0 aliphatic heterocycles. The van der Waals surface area contributed by atoms with E-state index in [1.54, 1.807) is 6.07 Å². The van der Waals surface area contributed by atoms with Gasteiger partial charge in [-0.15, -0.1) is 0 Å². The van der Waals surface area contributed by atoms with Gasteiger partial charge >= 0.3 is 0 Å². The molecular weight excluding hydrogens is 322 g/mol. The number of aryl methyl sites for hydroxylation is 1. The second kappa shape index (κ2) is 6.18. The summed E-state index contributed by atoms with van der Waals surface area (Å²) in [6.07, 6.45) is 0. The van der Waals surface area contributed by atoms with Crippen molar-refractivity contribution in [1.82, 2.24) is 5.32 Å². The number of carbonyl (C=O) groups excluding carboxylic acids is 1. The third-order valence-electron chi connectivity index (χ3n) is 3.71. The van der Waals surface area contributed by atoms with Gasteiger partial charge in [0.15, 0.2) is 4.83 Å². The minimum Gasteiger partial charge on any atom is -0.397 e. The summed E-state index contributed by atoms with van der Waals surface area (Å²) in [5, 5.41) is 12.5. The molecule has 0 aliphatic rings. The van der Waals surface area contributed by atoms with Gasteiger partial charge in [-0.1, -0.05) is 41.2 Å². The maximum absolute atomic E-state index is 12.4. The number of pyridine rings is 1. The Bertz CT molecular complexity index is 969. The number of amides is 1. The van der Waals surface area contributed by atoms with Crippen molar-refractivity contribution in [2.75, 3.05) is 11.5 Å². The quantitative estimate of drug-likeness (QED) is 0.676. The second-order valence-electron chi connectivity index (χ2n) is 5.46. The molecule has 0 atom stereocenters. The lowest BCUT2D eigenvalue weighted by atomic mass is 10.1. The molecule has 3 rings (SSSR count). The van der Waals surface area contributed by atoms with Crippen LogP contribution >= 0.6 is 11.3 Å². The highest BCUT2D eigenvalue weighted by molar-refractivity contribution is 7.20. The van der Waals surface area contributed by atoms with E-state index in [0.29, 0.717) is 32.9 Å². The van der Waals surface area contributed by atoms with Crippen LogP contribution in [0.5, 0.6) is 0 Å². The van der Waals surface area contributed by atoms with Gasteiger partial charge in [0.2, 0.25) is 0 Å². The van der Waals surface area contributed by atoms with Crippen LogP contribution in [-0.2, 0) is 6.54 Å². The van der Waals surface area contributed by atoms with Gasteiger partial charge in [0, 0.05) is 6.54 Å². The van der Waals surface area contributed by atoms with Crippen LogP contribution in [0.25, 0.3) is 10.2 Å². The summed E-state index contributed by atoms with van der Waals surface area (Å²) in [6, 6.07) is 11.5. The Kier molecular flexibility index (Phi) is 4.06. The number of benzene rings is 1. The zero-order chi connectivity index (χ0) is 17.3. The van der Waals surface area contributed by atoms with Crippen LogP contribution in [0.15, 0.2) is 30.3 Å². The molecule has 0 spiro atoms. The highest BCUT2D eigenvalue weighted by atomic mass is 32.1. The second-order valence-corrected chi connectivity index (χ2v) is 6.49. The molecule has 6 nitrogen and oxygen atoms in total. The summed E-state index contributed by atoms with van der Waals surface area (Å²) in [5.74, 6) is 0.0117. The number of nitrogens with two attached hydrogens (primary N) is 2. The molecule has 0 saturated carbocycles. The van der Waals surface area contributed by atoms with E-state index in [1.165, 1.54) is 16.9 Å². The lowest BCUT2D eigenvalue weighted by molar-refractivity contribution is -0.323. The van der Waals surface area contributed by atoms with Crippen LogP contribution in [0.1, 0.15) is 26.4 Å². The normalized spacial score (nSPS) is 10.5. The van der Waals surface area contributed by atoms with Crippen molar-refractivity contribution < 1.29 is 9.78 Å². The van der Waals surface area contributed by atoms with Gasteiger partial charge in [0.05, 0.1) is 11.1 Å². The van der Waals surface area contributed by atoms with Crippen LogP contribution in [0.3, 0.4) is 0 Å². The SMILES string of the molecule is Cc1ccc(CNC(=O)c2sc3[nH+]c(N)c(C#N)cc3c2N)cc1. The minimum absolute atomic E-state index is 0.250. The van der Waals surface area contributed by atoms with E-state index in [4.69, 9.17) is 16.7 Å². The van der Waals surface area contributed by atoms with Crippen molar-refractivity contribution in [3.63, 3.8) is 0 Å². The lowest BCUT2D eigenvalue weighted by Gasteiger charge is -2.05. The van der Waals surface area contributed by atoms with E-state index in [0.717, 1.165) is 5.56 Å². The average Bonchev–Trinajstić information content (AvgIpc) is 2.89.